The molecule has 72 valence electrons. The van der Waals surface area contributed by atoms with Crippen LogP contribution in [0.5, 0.6) is 0 Å². The van der Waals surface area contributed by atoms with Crippen LogP contribution in [0.2, 0.25) is 0 Å². The second-order valence-electron chi connectivity index (χ2n) is 3.25. The predicted molar refractivity (Wildman–Crippen MR) is 52.4 cm³/mol. The average molecular weight is 202 g/mol. The molecule has 0 aromatic heterocycles. The molecule has 3 heterocycles. The summed E-state index contributed by atoms with van der Waals surface area (Å²) in [5.41, 5.74) is 7.46. The fourth-order valence-corrected chi connectivity index (χ4v) is 1.86. The lowest BCUT2D eigenvalue weighted by atomic mass is 10.1. The Morgan fingerprint density at radius 3 is 3.31 bits per heavy atom. The molecule has 3 aliphatic heterocycles. The first-order valence-corrected chi connectivity index (χ1v) is 4.19. The Bertz CT molecular complexity index is 264. The van der Waals surface area contributed by atoms with Crippen molar-refractivity contribution in [1.29, 1.82) is 0 Å². The number of nitrogens with one attached hydrogen (secondary N) is 3. The van der Waals surface area contributed by atoms with E-state index in [1.807, 2.05) is 12.4 Å². The third-order valence-corrected chi connectivity index (χ3v) is 2.51. The van der Waals surface area contributed by atoms with Gasteiger partial charge >= 0.3 is 0 Å². The maximum absolute atomic E-state index is 4.13. The molecule has 0 bridgehead atoms. The Morgan fingerprint density at radius 2 is 2.38 bits per heavy atom. The van der Waals surface area contributed by atoms with E-state index in [0.29, 0.717) is 12.1 Å². The number of aliphatic imine (C=N–C) groups is 1. The average Bonchev–Trinajstić information content (AvgIpc) is 2.71. The van der Waals surface area contributed by atoms with Crippen LogP contribution in [0.15, 0.2) is 16.9 Å². The van der Waals surface area contributed by atoms with Crippen molar-refractivity contribution in [2.45, 2.75) is 12.1 Å². The number of rotatable bonds is 0. The van der Waals surface area contributed by atoms with E-state index in [0.717, 1.165) is 13.1 Å². The summed E-state index contributed by atoms with van der Waals surface area (Å²) in [6, 6.07) is 0.836. The van der Waals surface area contributed by atoms with Crippen molar-refractivity contribution in [3.05, 3.63) is 11.9 Å². The van der Waals surface area contributed by atoms with Crippen LogP contribution in [-0.4, -0.2) is 36.4 Å². The van der Waals surface area contributed by atoms with Crippen LogP contribution in [0.1, 0.15) is 0 Å². The van der Waals surface area contributed by atoms with E-state index in [2.05, 4.69) is 26.3 Å². The molecule has 0 aromatic rings. The Labute approximate surface area is 82.6 Å². The molecule has 2 atom stereocenters. The van der Waals surface area contributed by atoms with E-state index in [1.54, 1.807) is 0 Å². The summed E-state index contributed by atoms with van der Waals surface area (Å²) in [5, 5.41) is 5.57. The fraction of sp³-hybridized carbons (Fsp3) is 0.571. The zero-order valence-electron chi connectivity index (χ0n) is 7.03. The van der Waals surface area contributed by atoms with Crippen LogP contribution in [-0.2, 0) is 0 Å². The number of halogens is 1. The van der Waals surface area contributed by atoms with Crippen LogP contribution in [0, 0.1) is 0 Å². The first-order chi connectivity index (χ1) is 5.95. The summed E-state index contributed by atoms with van der Waals surface area (Å²) in [4.78, 5) is 4.13. The highest BCUT2D eigenvalue weighted by molar-refractivity contribution is 5.85. The van der Waals surface area contributed by atoms with Gasteiger partial charge in [-0.3, -0.25) is 10.0 Å². The van der Waals surface area contributed by atoms with Crippen LogP contribution >= 0.6 is 12.4 Å². The van der Waals surface area contributed by atoms with Crippen LogP contribution < -0.4 is 16.3 Å². The maximum Gasteiger partial charge on any atom is 0.0862 e. The van der Waals surface area contributed by atoms with Gasteiger partial charge in [-0.25, -0.2) is 5.43 Å². The van der Waals surface area contributed by atoms with Gasteiger partial charge in [-0.15, -0.1) is 12.4 Å². The minimum Gasteiger partial charge on any atom is -0.302 e. The normalized spacial score (nSPS) is 35.1. The Hall–Kier alpha value is -0.620. The topological polar surface area (TPSA) is 51.7 Å². The third-order valence-electron chi connectivity index (χ3n) is 2.51. The molecule has 2 unspecified atom stereocenters. The van der Waals surface area contributed by atoms with Crippen molar-refractivity contribution in [3.63, 3.8) is 0 Å². The zero-order valence-corrected chi connectivity index (χ0v) is 7.84. The lowest BCUT2D eigenvalue weighted by Gasteiger charge is -2.34. The Morgan fingerprint density at radius 1 is 1.46 bits per heavy atom. The molecule has 0 amide bonds. The van der Waals surface area contributed by atoms with Crippen molar-refractivity contribution in [3.8, 4) is 0 Å². The first-order valence-electron chi connectivity index (χ1n) is 4.19. The molecule has 0 aromatic carbocycles. The van der Waals surface area contributed by atoms with E-state index in [4.69, 9.17) is 0 Å². The molecule has 0 saturated carbocycles. The van der Waals surface area contributed by atoms with E-state index in [1.165, 1.54) is 5.70 Å². The largest absolute Gasteiger partial charge is 0.302 e. The van der Waals surface area contributed by atoms with Gasteiger partial charge in [0, 0.05) is 25.5 Å². The van der Waals surface area contributed by atoms with Gasteiger partial charge in [0.2, 0.25) is 0 Å². The van der Waals surface area contributed by atoms with E-state index < -0.39 is 0 Å². The monoisotopic (exact) mass is 201 g/mol. The molecule has 13 heavy (non-hydrogen) atoms. The highest BCUT2D eigenvalue weighted by atomic mass is 35.5. The second kappa shape index (κ2) is 3.26. The zero-order chi connectivity index (χ0) is 7.97. The van der Waals surface area contributed by atoms with Crippen molar-refractivity contribution in [2.24, 2.45) is 4.99 Å². The molecule has 2 fully saturated rings. The molecular formula is C7H12ClN5. The first kappa shape index (κ1) is 8.96. The second-order valence-corrected chi connectivity index (χ2v) is 3.25. The van der Waals surface area contributed by atoms with Crippen LogP contribution in [0.3, 0.4) is 0 Å². The smallest absolute Gasteiger partial charge is 0.0862 e. The number of hydrazine groups is 2. The van der Waals surface area contributed by atoms with Gasteiger partial charge in [-0.05, 0) is 0 Å². The summed E-state index contributed by atoms with van der Waals surface area (Å²) >= 11 is 0. The summed E-state index contributed by atoms with van der Waals surface area (Å²) in [6.45, 7) is 1.99. The molecule has 3 rings (SSSR count). The van der Waals surface area contributed by atoms with Crippen molar-refractivity contribution in [2.75, 3.05) is 13.1 Å². The Kier molecular flexibility index (Phi) is 2.25. The SMILES string of the molecule is C1=NC=C2C1NCC1CNNN21.Cl. The highest BCUT2D eigenvalue weighted by Gasteiger charge is 2.35. The minimum atomic E-state index is 0. The summed E-state index contributed by atoms with van der Waals surface area (Å²) in [6.07, 6.45) is 3.84. The number of piperazine rings is 1. The number of hydrogen-bond donors (Lipinski definition) is 3. The fourth-order valence-electron chi connectivity index (χ4n) is 1.86. The number of hydrogen-bond acceptors (Lipinski definition) is 5. The minimum absolute atomic E-state index is 0. The third kappa shape index (κ3) is 1.24. The van der Waals surface area contributed by atoms with Gasteiger partial charge < -0.3 is 5.32 Å². The van der Waals surface area contributed by atoms with Crippen LogP contribution in [0.4, 0.5) is 0 Å². The lowest BCUT2D eigenvalue weighted by molar-refractivity contribution is 0.194. The van der Waals surface area contributed by atoms with Gasteiger partial charge in [0.1, 0.15) is 0 Å². The molecule has 3 N–H and O–H groups in total. The molecule has 3 aliphatic rings. The summed E-state index contributed by atoms with van der Waals surface area (Å²) in [7, 11) is 0. The highest BCUT2D eigenvalue weighted by Crippen LogP contribution is 2.20. The number of nitrogens with zero attached hydrogens (tertiary/aromatic N) is 2. The van der Waals surface area contributed by atoms with Gasteiger partial charge in [-0.2, -0.15) is 5.53 Å². The van der Waals surface area contributed by atoms with Gasteiger partial charge in [0.05, 0.1) is 17.8 Å². The van der Waals surface area contributed by atoms with E-state index >= 15 is 0 Å². The summed E-state index contributed by atoms with van der Waals surface area (Å²) < 4.78 is 0. The van der Waals surface area contributed by atoms with Crippen molar-refractivity contribution >= 4 is 18.6 Å². The molecule has 0 spiro atoms. The van der Waals surface area contributed by atoms with Gasteiger partial charge in [-0.1, -0.05) is 0 Å². The molecule has 2 saturated heterocycles. The quantitative estimate of drug-likeness (QED) is 0.471. The molecular weight excluding hydrogens is 190 g/mol. The van der Waals surface area contributed by atoms with E-state index in [-0.39, 0.29) is 12.4 Å². The predicted octanol–water partition coefficient (Wildman–Crippen LogP) is -1.00. The molecule has 0 radical (unpaired) electrons. The van der Waals surface area contributed by atoms with Crippen LogP contribution in [0.25, 0.3) is 0 Å². The van der Waals surface area contributed by atoms with Gasteiger partial charge in [0.25, 0.3) is 0 Å². The standard InChI is InChI=1S/C7H11N5.ClH/c1-5-2-10-11-12(5)7-4-8-3-6(7)9-1;/h3-6,9-11H,1-2H2;1H. The molecule has 5 nitrogen and oxygen atoms in total. The molecule has 6 heteroatoms. The van der Waals surface area contributed by atoms with E-state index in [9.17, 15) is 0 Å². The Balaban J connectivity index is 0.000000653. The van der Waals surface area contributed by atoms with Crippen molar-refractivity contribution in [1.82, 2.24) is 21.3 Å². The number of fused-ring (bicyclic) bond motifs is 3. The van der Waals surface area contributed by atoms with Gasteiger partial charge in [0.15, 0.2) is 0 Å². The molecule has 0 aliphatic carbocycles. The maximum atomic E-state index is 4.13. The lowest BCUT2D eigenvalue weighted by Crippen LogP contribution is -2.55. The summed E-state index contributed by atoms with van der Waals surface area (Å²) in [5.74, 6) is 0. The van der Waals surface area contributed by atoms with Crippen molar-refractivity contribution < 1.29 is 0 Å².